The van der Waals surface area contributed by atoms with Crippen LogP contribution >= 0.6 is 8.03 Å². The number of benzene rings is 1. The van der Waals surface area contributed by atoms with E-state index in [0.29, 0.717) is 5.69 Å². The van der Waals surface area contributed by atoms with Crippen LogP contribution in [0.25, 0.3) is 11.1 Å². The molecule has 5 heteroatoms. The Morgan fingerprint density at radius 2 is 2.06 bits per heavy atom. The number of pyridine rings is 1. The van der Waals surface area contributed by atoms with Crippen molar-refractivity contribution < 1.29 is 13.8 Å². The van der Waals surface area contributed by atoms with Gasteiger partial charge < -0.3 is 4.89 Å². The zero-order valence-corrected chi connectivity index (χ0v) is 9.93. The first-order chi connectivity index (χ1) is 8.15. The Morgan fingerprint density at radius 1 is 1.24 bits per heavy atom. The summed E-state index contributed by atoms with van der Waals surface area (Å²) in [5.74, 6) is -0.299. The Bertz CT molecular complexity index is 542. The maximum Gasteiger partial charge on any atom is 0.194 e. The Hall–Kier alpha value is -1.51. The second kappa shape index (κ2) is 5.21. The number of nitrogens with zero attached hydrogens (tertiary/aromatic N) is 1. The van der Waals surface area contributed by atoms with Crippen molar-refractivity contribution in [2.75, 3.05) is 0 Å². The zero-order valence-electron chi connectivity index (χ0n) is 8.93. The van der Waals surface area contributed by atoms with Crippen molar-refractivity contribution >= 4 is 8.03 Å². The molecule has 17 heavy (non-hydrogen) atoms. The summed E-state index contributed by atoms with van der Waals surface area (Å²) in [4.78, 5) is 12.9. The highest BCUT2D eigenvalue weighted by molar-refractivity contribution is 7.37. The van der Waals surface area contributed by atoms with Gasteiger partial charge in [-0.15, -0.1) is 0 Å². The Labute approximate surface area is 98.8 Å². The minimum Gasteiger partial charge on any atom is -0.346 e. The predicted octanol–water partition coefficient (Wildman–Crippen LogP) is 2.85. The third kappa shape index (κ3) is 3.22. The largest absolute Gasteiger partial charge is 0.346 e. The SMILES string of the molecule is O=[PH](O)Cc1ccc(-c2cccc(F)c2)cn1. The van der Waals surface area contributed by atoms with Crippen LogP contribution in [-0.4, -0.2) is 9.88 Å². The van der Waals surface area contributed by atoms with E-state index >= 15 is 0 Å². The third-order valence-corrected chi connectivity index (χ3v) is 2.98. The topological polar surface area (TPSA) is 50.2 Å². The fraction of sp³-hybridized carbons (Fsp3) is 0.0833. The van der Waals surface area contributed by atoms with Crippen molar-refractivity contribution in [3.63, 3.8) is 0 Å². The molecule has 88 valence electrons. The molecule has 2 aromatic rings. The van der Waals surface area contributed by atoms with Gasteiger partial charge in [0.05, 0.1) is 6.16 Å². The minimum absolute atomic E-state index is 0.0775. The summed E-state index contributed by atoms with van der Waals surface area (Å²) in [5, 5.41) is 0. The normalized spacial score (nSPS) is 12.4. The second-order valence-corrected chi connectivity index (χ2v) is 4.76. The minimum atomic E-state index is -2.54. The van der Waals surface area contributed by atoms with Crippen LogP contribution in [0.5, 0.6) is 0 Å². The van der Waals surface area contributed by atoms with Gasteiger partial charge in [0.1, 0.15) is 5.82 Å². The van der Waals surface area contributed by atoms with Crippen LogP contribution in [0.15, 0.2) is 42.6 Å². The lowest BCUT2D eigenvalue weighted by Gasteiger charge is -2.02. The smallest absolute Gasteiger partial charge is 0.194 e. The van der Waals surface area contributed by atoms with Gasteiger partial charge in [0.2, 0.25) is 0 Å². The number of hydrogen-bond acceptors (Lipinski definition) is 2. The van der Waals surface area contributed by atoms with E-state index in [2.05, 4.69) is 4.98 Å². The predicted molar refractivity (Wildman–Crippen MR) is 64.6 cm³/mol. The van der Waals surface area contributed by atoms with Crippen LogP contribution in [-0.2, 0) is 10.7 Å². The molecule has 0 spiro atoms. The molecular weight excluding hydrogens is 240 g/mol. The summed E-state index contributed by atoms with van der Waals surface area (Å²) >= 11 is 0. The summed E-state index contributed by atoms with van der Waals surface area (Å²) in [6, 6.07) is 9.66. The van der Waals surface area contributed by atoms with Crippen LogP contribution in [0.2, 0.25) is 0 Å². The molecule has 0 saturated carbocycles. The fourth-order valence-corrected chi connectivity index (χ4v) is 2.04. The molecule has 1 N–H and O–H groups in total. The molecule has 0 bridgehead atoms. The maximum absolute atomic E-state index is 13.0. The Morgan fingerprint density at radius 3 is 2.65 bits per heavy atom. The molecule has 0 amide bonds. The molecule has 0 fully saturated rings. The van der Waals surface area contributed by atoms with Crippen LogP contribution < -0.4 is 0 Å². The molecule has 0 radical (unpaired) electrons. The van der Waals surface area contributed by atoms with Crippen LogP contribution in [0.4, 0.5) is 4.39 Å². The highest BCUT2D eigenvalue weighted by Crippen LogP contribution is 2.23. The molecule has 0 aliphatic carbocycles. The van der Waals surface area contributed by atoms with Crippen molar-refractivity contribution in [2.24, 2.45) is 0 Å². The van der Waals surface area contributed by atoms with Gasteiger partial charge in [-0.2, -0.15) is 0 Å². The molecule has 3 nitrogen and oxygen atoms in total. The molecule has 0 aliphatic rings. The second-order valence-electron chi connectivity index (χ2n) is 3.62. The lowest BCUT2D eigenvalue weighted by Crippen LogP contribution is -1.87. The van der Waals surface area contributed by atoms with E-state index in [4.69, 9.17) is 4.89 Å². The van der Waals surface area contributed by atoms with E-state index in [1.54, 1.807) is 30.5 Å². The van der Waals surface area contributed by atoms with Gasteiger partial charge in [0.25, 0.3) is 0 Å². The highest BCUT2D eigenvalue weighted by Gasteiger charge is 2.02. The average Bonchev–Trinajstić information content (AvgIpc) is 2.29. The first-order valence-corrected chi connectivity index (χ1v) is 6.64. The van der Waals surface area contributed by atoms with E-state index in [1.807, 2.05) is 0 Å². The fourth-order valence-electron chi connectivity index (χ4n) is 1.52. The summed E-state index contributed by atoms with van der Waals surface area (Å²) in [6.45, 7) is 0. The number of halogens is 1. The first kappa shape index (κ1) is 12.0. The highest BCUT2D eigenvalue weighted by atomic mass is 31.1. The van der Waals surface area contributed by atoms with Gasteiger partial charge >= 0.3 is 0 Å². The quantitative estimate of drug-likeness (QED) is 0.853. The molecule has 0 saturated heterocycles. The van der Waals surface area contributed by atoms with Crippen molar-refractivity contribution in [1.82, 2.24) is 4.98 Å². The van der Waals surface area contributed by atoms with Crippen LogP contribution in [0.3, 0.4) is 0 Å². The third-order valence-electron chi connectivity index (χ3n) is 2.32. The molecule has 1 unspecified atom stereocenters. The van der Waals surface area contributed by atoms with E-state index < -0.39 is 8.03 Å². The van der Waals surface area contributed by atoms with Crippen LogP contribution in [0, 0.1) is 5.82 Å². The lowest BCUT2D eigenvalue weighted by molar-refractivity contribution is 0.501. The number of hydrogen-bond donors (Lipinski definition) is 1. The molecular formula is C12H11FNO2P. The van der Waals surface area contributed by atoms with Gasteiger partial charge in [-0.1, -0.05) is 18.2 Å². The molecule has 1 heterocycles. The summed E-state index contributed by atoms with van der Waals surface area (Å²) < 4.78 is 23.7. The van der Waals surface area contributed by atoms with Gasteiger partial charge in [-0.05, 0) is 23.8 Å². The van der Waals surface area contributed by atoms with Gasteiger partial charge in [-0.25, -0.2) is 4.39 Å². The maximum atomic E-state index is 13.0. The zero-order chi connectivity index (χ0) is 12.3. The molecule has 1 aromatic carbocycles. The molecule has 1 atom stereocenters. The van der Waals surface area contributed by atoms with Gasteiger partial charge in [-0.3, -0.25) is 9.55 Å². The molecule has 2 rings (SSSR count). The van der Waals surface area contributed by atoms with E-state index in [0.717, 1.165) is 11.1 Å². The lowest BCUT2D eigenvalue weighted by atomic mass is 10.1. The molecule has 1 aromatic heterocycles. The molecule has 0 aliphatic heterocycles. The Balaban J connectivity index is 2.26. The summed E-state index contributed by atoms with van der Waals surface area (Å²) in [5.41, 5.74) is 2.09. The summed E-state index contributed by atoms with van der Waals surface area (Å²) in [7, 11) is -2.54. The standard InChI is InChI=1S/C12H11FNO2P/c13-11-3-1-2-9(6-11)10-4-5-12(14-7-10)8-17(15)16/h1-7,17H,8H2,(H,15,16). The van der Waals surface area contributed by atoms with Crippen molar-refractivity contribution in [3.05, 3.63) is 54.1 Å². The van der Waals surface area contributed by atoms with Crippen LogP contribution in [0.1, 0.15) is 5.69 Å². The van der Waals surface area contributed by atoms with E-state index in [-0.39, 0.29) is 12.0 Å². The summed E-state index contributed by atoms with van der Waals surface area (Å²) in [6.07, 6.45) is 1.66. The van der Waals surface area contributed by atoms with Crippen molar-refractivity contribution in [3.8, 4) is 11.1 Å². The van der Waals surface area contributed by atoms with Crippen molar-refractivity contribution in [2.45, 2.75) is 6.16 Å². The first-order valence-electron chi connectivity index (χ1n) is 5.08. The Kier molecular flexibility index (Phi) is 3.67. The van der Waals surface area contributed by atoms with Gasteiger partial charge in [0.15, 0.2) is 8.03 Å². The van der Waals surface area contributed by atoms with Gasteiger partial charge in [0, 0.05) is 17.5 Å². The monoisotopic (exact) mass is 251 g/mol. The average molecular weight is 251 g/mol. The van der Waals surface area contributed by atoms with E-state index in [9.17, 15) is 8.96 Å². The number of aromatic nitrogens is 1. The number of rotatable bonds is 3. The van der Waals surface area contributed by atoms with Crippen molar-refractivity contribution in [1.29, 1.82) is 0 Å². The van der Waals surface area contributed by atoms with E-state index in [1.165, 1.54) is 12.1 Å².